The van der Waals surface area contributed by atoms with Crippen LogP contribution in [-0.4, -0.2) is 58.5 Å². The summed E-state index contributed by atoms with van der Waals surface area (Å²) in [7, 11) is 1.70. The van der Waals surface area contributed by atoms with Crippen molar-refractivity contribution in [2.75, 3.05) is 33.4 Å². The van der Waals surface area contributed by atoms with Crippen molar-refractivity contribution >= 4 is 0 Å². The van der Waals surface area contributed by atoms with E-state index in [9.17, 15) is 0 Å². The first-order valence-electron chi connectivity index (χ1n) is 8.26. The monoisotopic (exact) mass is 331 g/mol. The molecule has 2 heterocycles. The fraction of sp³-hybridized carbons (Fsp3) is 0.588. The van der Waals surface area contributed by atoms with Gasteiger partial charge in [0.2, 0.25) is 0 Å². The number of morpholine rings is 1. The van der Waals surface area contributed by atoms with Crippen LogP contribution in [0.2, 0.25) is 0 Å². The molecule has 1 atom stereocenters. The Balaban J connectivity index is 2.11. The van der Waals surface area contributed by atoms with E-state index in [1.165, 1.54) is 0 Å². The molecule has 2 aromatic rings. The smallest absolute Gasteiger partial charge is 0.173 e. The van der Waals surface area contributed by atoms with Gasteiger partial charge >= 0.3 is 0 Å². The van der Waals surface area contributed by atoms with Gasteiger partial charge in [-0.1, -0.05) is 18.2 Å². The van der Waals surface area contributed by atoms with Crippen LogP contribution < -0.4 is 4.74 Å². The number of tetrazole rings is 1. The summed E-state index contributed by atoms with van der Waals surface area (Å²) in [6.45, 7) is 9.40. The molecule has 1 saturated heterocycles. The Labute approximate surface area is 142 Å². The van der Waals surface area contributed by atoms with Crippen molar-refractivity contribution in [3.63, 3.8) is 0 Å². The first kappa shape index (κ1) is 16.9. The molecule has 0 aliphatic carbocycles. The molecule has 0 radical (unpaired) electrons. The number of methoxy groups -OCH3 is 1. The van der Waals surface area contributed by atoms with E-state index in [0.29, 0.717) is 13.2 Å². The number of rotatable bonds is 4. The van der Waals surface area contributed by atoms with E-state index in [2.05, 4.69) is 47.3 Å². The normalized spacial score (nSPS) is 17.7. The zero-order valence-corrected chi connectivity index (χ0v) is 14.8. The molecule has 1 fully saturated rings. The molecular formula is C17H25N5O2. The average Bonchev–Trinajstić information content (AvgIpc) is 3.06. The number of benzene rings is 1. The summed E-state index contributed by atoms with van der Waals surface area (Å²) in [6.07, 6.45) is 0. The average molecular weight is 331 g/mol. The maximum atomic E-state index is 5.60. The van der Waals surface area contributed by atoms with Gasteiger partial charge < -0.3 is 9.47 Å². The Hall–Kier alpha value is -1.99. The maximum absolute atomic E-state index is 5.60. The van der Waals surface area contributed by atoms with E-state index in [1.54, 1.807) is 7.11 Å². The van der Waals surface area contributed by atoms with Gasteiger partial charge in [-0.2, -0.15) is 0 Å². The van der Waals surface area contributed by atoms with E-state index in [0.717, 1.165) is 30.2 Å². The van der Waals surface area contributed by atoms with E-state index in [4.69, 9.17) is 9.47 Å². The molecule has 7 nitrogen and oxygen atoms in total. The number of para-hydroxylation sites is 1. The van der Waals surface area contributed by atoms with Gasteiger partial charge in [-0.05, 0) is 37.3 Å². The third-order valence-electron chi connectivity index (χ3n) is 4.22. The Kier molecular flexibility index (Phi) is 4.82. The maximum Gasteiger partial charge on any atom is 0.173 e. The first-order valence-corrected chi connectivity index (χ1v) is 8.26. The second kappa shape index (κ2) is 6.86. The molecule has 0 unspecified atom stereocenters. The van der Waals surface area contributed by atoms with Gasteiger partial charge in [-0.25, -0.2) is 4.68 Å². The van der Waals surface area contributed by atoms with Gasteiger partial charge in [-0.3, -0.25) is 4.90 Å². The Morgan fingerprint density at radius 1 is 1.17 bits per heavy atom. The second-order valence-corrected chi connectivity index (χ2v) is 6.91. The molecule has 1 aromatic carbocycles. The molecule has 130 valence electrons. The van der Waals surface area contributed by atoms with Crippen molar-refractivity contribution in [1.29, 1.82) is 0 Å². The summed E-state index contributed by atoms with van der Waals surface area (Å²) in [4.78, 5) is 2.36. The van der Waals surface area contributed by atoms with Crippen molar-refractivity contribution in [1.82, 2.24) is 25.1 Å². The summed E-state index contributed by atoms with van der Waals surface area (Å²) in [5.41, 5.74) is 0.868. The lowest BCUT2D eigenvalue weighted by Crippen LogP contribution is -2.41. The highest BCUT2D eigenvalue weighted by Crippen LogP contribution is 2.35. The largest absolute Gasteiger partial charge is 0.496 e. The molecule has 1 aliphatic rings. The fourth-order valence-electron chi connectivity index (χ4n) is 3.07. The van der Waals surface area contributed by atoms with E-state index in [-0.39, 0.29) is 11.6 Å². The standard InChI is InChI=1S/C17H25N5O2/c1-17(2,3)22-16(18-19-20-22)15(21-9-11-24-12-10-21)13-7-5-6-8-14(13)23-4/h5-8,15H,9-12H2,1-4H3/t15-/m0/s1. The van der Waals surface area contributed by atoms with E-state index in [1.807, 2.05) is 22.9 Å². The van der Waals surface area contributed by atoms with Gasteiger partial charge in [0.25, 0.3) is 0 Å². The molecule has 0 amide bonds. The predicted molar refractivity (Wildman–Crippen MR) is 90.0 cm³/mol. The number of hydrogen-bond acceptors (Lipinski definition) is 6. The summed E-state index contributed by atoms with van der Waals surface area (Å²) >= 11 is 0. The number of ether oxygens (including phenoxy) is 2. The molecule has 7 heteroatoms. The minimum Gasteiger partial charge on any atom is -0.496 e. The topological polar surface area (TPSA) is 65.3 Å². The van der Waals surface area contributed by atoms with Crippen LogP contribution >= 0.6 is 0 Å². The quantitative estimate of drug-likeness (QED) is 0.852. The number of nitrogens with zero attached hydrogens (tertiary/aromatic N) is 5. The minimum absolute atomic E-state index is 0.0701. The van der Waals surface area contributed by atoms with Crippen molar-refractivity contribution in [3.05, 3.63) is 35.7 Å². The van der Waals surface area contributed by atoms with Gasteiger partial charge in [0.1, 0.15) is 11.8 Å². The molecule has 3 rings (SSSR count). The van der Waals surface area contributed by atoms with Crippen molar-refractivity contribution in [2.45, 2.75) is 32.4 Å². The summed E-state index contributed by atoms with van der Waals surface area (Å²) in [5, 5.41) is 12.6. The molecule has 0 N–H and O–H groups in total. The fourth-order valence-corrected chi connectivity index (χ4v) is 3.07. The van der Waals surface area contributed by atoms with Crippen LogP contribution in [0.15, 0.2) is 24.3 Å². The molecule has 0 bridgehead atoms. The molecular weight excluding hydrogens is 306 g/mol. The van der Waals surface area contributed by atoms with E-state index < -0.39 is 0 Å². The van der Waals surface area contributed by atoms with Crippen molar-refractivity contribution in [3.8, 4) is 5.75 Å². The Morgan fingerprint density at radius 3 is 2.54 bits per heavy atom. The van der Waals surface area contributed by atoms with Crippen LogP contribution in [0.1, 0.15) is 38.2 Å². The van der Waals surface area contributed by atoms with Crippen LogP contribution in [0.4, 0.5) is 0 Å². The second-order valence-electron chi connectivity index (χ2n) is 6.91. The lowest BCUT2D eigenvalue weighted by molar-refractivity contribution is 0.0204. The SMILES string of the molecule is COc1ccccc1[C@@H](c1nnnn1C(C)(C)C)N1CCOCC1. The van der Waals surface area contributed by atoms with Crippen LogP contribution in [0, 0.1) is 0 Å². The zero-order valence-electron chi connectivity index (χ0n) is 14.8. The summed E-state index contributed by atoms with van der Waals surface area (Å²) in [5.74, 6) is 1.67. The van der Waals surface area contributed by atoms with Gasteiger partial charge in [0.15, 0.2) is 5.82 Å². The highest BCUT2D eigenvalue weighted by atomic mass is 16.5. The molecule has 0 spiro atoms. The summed E-state index contributed by atoms with van der Waals surface area (Å²) < 4.78 is 13.0. The molecule has 1 aromatic heterocycles. The van der Waals surface area contributed by atoms with Gasteiger partial charge in [0, 0.05) is 18.7 Å². The molecule has 0 saturated carbocycles. The highest BCUT2D eigenvalue weighted by Gasteiger charge is 2.33. The predicted octanol–water partition coefficient (Wildman–Crippen LogP) is 1.86. The molecule has 24 heavy (non-hydrogen) atoms. The number of hydrogen-bond donors (Lipinski definition) is 0. The Morgan fingerprint density at radius 2 is 1.88 bits per heavy atom. The highest BCUT2D eigenvalue weighted by molar-refractivity contribution is 5.39. The number of aromatic nitrogens is 4. The van der Waals surface area contributed by atoms with Gasteiger partial charge in [0.05, 0.1) is 25.9 Å². The molecule has 1 aliphatic heterocycles. The van der Waals surface area contributed by atoms with Crippen LogP contribution in [0.5, 0.6) is 5.75 Å². The third kappa shape index (κ3) is 3.27. The van der Waals surface area contributed by atoms with Crippen LogP contribution in [0.3, 0.4) is 0 Å². The van der Waals surface area contributed by atoms with Crippen LogP contribution in [0.25, 0.3) is 0 Å². The first-order chi connectivity index (χ1) is 11.5. The van der Waals surface area contributed by atoms with Crippen LogP contribution in [-0.2, 0) is 10.3 Å². The lowest BCUT2D eigenvalue weighted by atomic mass is 10.0. The van der Waals surface area contributed by atoms with E-state index >= 15 is 0 Å². The van der Waals surface area contributed by atoms with Crippen molar-refractivity contribution < 1.29 is 9.47 Å². The Bertz CT molecular complexity index is 674. The third-order valence-corrected chi connectivity index (χ3v) is 4.22. The summed E-state index contributed by atoms with van der Waals surface area (Å²) in [6, 6.07) is 8.00. The lowest BCUT2D eigenvalue weighted by Gasteiger charge is -2.35. The zero-order chi connectivity index (χ0) is 17.2. The minimum atomic E-state index is -0.203. The van der Waals surface area contributed by atoms with Gasteiger partial charge in [-0.15, -0.1) is 5.10 Å². The van der Waals surface area contributed by atoms with Crippen molar-refractivity contribution in [2.24, 2.45) is 0 Å².